The van der Waals surface area contributed by atoms with Crippen molar-refractivity contribution in [1.29, 1.82) is 0 Å². The molecular formula is C19H18F3N3O2S. The minimum absolute atomic E-state index is 0.0213. The highest BCUT2D eigenvalue weighted by molar-refractivity contribution is 7.89. The Morgan fingerprint density at radius 2 is 1.82 bits per heavy atom. The molecule has 0 fully saturated rings. The maximum Gasteiger partial charge on any atom is 0.416 e. The van der Waals surface area contributed by atoms with Crippen LogP contribution in [0.15, 0.2) is 72.0 Å². The second-order valence-corrected chi connectivity index (χ2v) is 8.08. The molecule has 0 saturated carbocycles. The third-order valence-electron chi connectivity index (χ3n) is 4.37. The van der Waals surface area contributed by atoms with Gasteiger partial charge in [-0.05, 0) is 36.8 Å². The summed E-state index contributed by atoms with van der Waals surface area (Å²) >= 11 is 0. The second kappa shape index (κ2) is 7.40. The number of hydrogen-bond donors (Lipinski definition) is 0. The predicted molar refractivity (Wildman–Crippen MR) is 99.1 cm³/mol. The lowest BCUT2D eigenvalue weighted by atomic mass is 10.0. The highest BCUT2D eigenvalue weighted by Gasteiger charge is 2.32. The van der Waals surface area contributed by atoms with E-state index < -0.39 is 27.8 Å². The van der Waals surface area contributed by atoms with Crippen molar-refractivity contribution in [3.63, 3.8) is 0 Å². The molecule has 0 saturated heterocycles. The number of imidazole rings is 1. The van der Waals surface area contributed by atoms with E-state index in [1.54, 1.807) is 43.5 Å². The van der Waals surface area contributed by atoms with E-state index in [-0.39, 0.29) is 5.03 Å². The molecule has 3 aromatic rings. The lowest BCUT2D eigenvalue weighted by Crippen LogP contribution is -2.31. The van der Waals surface area contributed by atoms with Gasteiger partial charge in [0.2, 0.25) is 0 Å². The number of aromatic nitrogens is 2. The summed E-state index contributed by atoms with van der Waals surface area (Å²) < 4.78 is 67.4. The molecule has 148 valence electrons. The van der Waals surface area contributed by atoms with E-state index in [0.717, 1.165) is 16.4 Å². The highest BCUT2D eigenvalue weighted by atomic mass is 32.2. The number of benzene rings is 1. The molecular weight excluding hydrogens is 391 g/mol. The van der Waals surface area contributed by atoms with Crippen LogP contribution < -0.4 is 0 Å². The lowest BCUT2D eigenvalue weighted by molar-refractivity contribution is -0.137. The summed E-state index contributed by atoms with van der Waals surface area (Å²) in [5.74, 6) is 0. The van der Waals surface area contributed by atoms with Gasteiger partial charge in [-0.2, -0.15) is 17.5 Å². The maximum atomic E-state index is 13.2. The number of sulfonamides is 1. The molecule has 0 unspecified atom stereocenters. The van der Waals surface area contributed by atoms with Crippen molar-refractivity contribution in [3.05, 3.63) is 78.1 Å². The SMILES string of the molecule is C/C=C\[C@@H](c1ccc(C(F)(F)F)cc1)N(C)S(=O)(=O)c1cnc2ccccn12. The molecule has 0 aliphatic rings. The van der Waals surface area contributed by atoms with E-state index in [4.69, 9.17) is 0 Å². The van der Waals surface area contributed by atoms with Crippen LogP contribution in [-0.4, -0.2) is 29.2 Å². The van der Waals surface area contributed by atoms with Gasteiger partial charge in [-0.15, -0.1) is 0 Å². The molecule has 0 radical (unpaired) electrons. The molecule has 1 atom stereocenters. The smallest absolute Gasteiger partial charge is 0.289 e. The summed E-state index contributed by atoms with van der Waals surface area (Å²) in [5, 5.41) is -0.0213. The Balaban J connectivity index is 2.02. The Labute approximate surface area is 160 Å². The van der Waals surface area contributed by atoms with E-state index in [1.165, 1.54) is 29.8 Å². The van der Waals surface area contributed by atoms with Crippen molar-refractivity contribution in [2.24, 2.45) is 0 Å². The average Bonchev–Trinajstić information content (AvgIpc) is 3.10. The Kier molecular flexibility index (Phi) is 5.31. The van der Waals surface area contributed by atoms with Crippen LogP contribution in [0, 0.1) is 0 Å². The zero-order valence-corrected chi connectivity index (χ0v) is 15.9. The van der Waals surface area contributed by atoms with Crippen LogP contribution in [0.3, 0.4) is 0 Å². The van der Waals surface area contributed by atoms with Gasteiger partial charge in [-0.3, -0.25) is 4.40 Å². The normalized spacial score (nSPS) is 14.2. The number of alkyl halides is 3. The Bertz CT molecular complexity index is 1100. The first-order valence-electron chi connectivity index (χ1n) is 8.36. The molecule has 2 heterocycles. The molecule has 0 aliphatic carbocycles. The molecule has 3 rings (SSSR count). The number of nitrogens with zero attached hydrogens (tertiary/aromatic N) is 3. The van der Waals surface area contributed by atoms with Gasteiger partial charge in [0.05, 0.1) is 17.8 Å². The number of rotatable bonds is 5. The monoisotopic (exact) mass is 409 g/mol. The van der Waals surface area contributed by atoms with Gasteiger partial charge < -0.3 is 0 Å². The minimum Gasteiger partial charge on any atom is -0.289 e. The summed E-state index contributed by atoms with van der Waals surface area (Å²) in [6.07, 6.45) is 1.67. The number of allylic oxidation sites excluding steroid dienone is 1. The molecule has 5 nitrogen and oxygen atoms in total. The van der Waals surface area contributed by atoms with Gasteiger partial charge in [0.25, 0.3) is 10.0 Å². The van der Waals surface area contributed by atoms with Crippen LogP contribution in [0.4, 0.5) is 13.2 Å². The Hall–Kier alpha value is -2.65. The van der Waals surface area contributed by atoms with Gasteiger partial charge in [-0.25, -0.2) is 13.4 Å². The van der Waals surface area contributed by atoms with Crippen LogP contribution in [-0.2, 0) is 16.2 Å². The average molecular weight is 409 g/mol. The van der Waals surface area contributed by atoms with Crippen molar-refractivity contribution >= 4 is 15.7 Å². The van der Waals surface area contributed by atoms with Gasteiger partial charge in [0.15, 0.2) is 5.03 Å². The molecule has 0 amide bonds. The van der Waals surface area contributed by atoms with Crippen LogP contribution in [0.5, 0.6) is 0 Å². The van der Waals surface area contributed by atoms with Gasteiger partial charge in [-0.1, -0.05) is 30.4 Å². The van der Waals surface area contributed by atoms with E-state index in [2.05, 4.69) is 4.98 Å². The third-order valence-corrected chi connectivity index (χ3v) is 6.19. The Morgan fingerprint density at radius 3 is 2.43 bits per heavy atom. The minimum atomic E-state index is -4.46. The molecule has 1 aromatic carbocycles. The van der Waals surface area contributed by atoms with Crippen molar-refractivity contribution in [2.45, 2.75) is 24.2 Å². The fourth-order valence-electron chi connectivity index (χ4n) is 2.89. The fraction of sp³-hybridized carbons (Fsp3) is 0.211. The van der Waals surface area contributed by atoms with Gasteiger partial charge in [0, 0.05) is 13.2 Å². The number of hydrogen-bond acceptors (Lipinski definition) is 3. The van der Waals surface area contributed by atoms with Gasteiger partial charge in [0.1, 0.15) is 5.65 Å². The zero-order valence-electron chi connectivity index (χ0n) is 15.1. The molecule has 0 spiro atoms. The summed E-state index contributed by atoms with van der Waals surface area (Å²) in [6, 6.07) is 8.80. The van der Waals surface area contributed by atoms with Crippen LogP contribution in [0.2, 0.25) is 0 Å². The number of halogens is 3. The molecule has 0 aliphatic heterocycles. The standard InChI is InChI=1S/C19H18F3N3O2S/c1-3-6-16(14-8-10-15(11-9-14)19(20,21)22)24(2)28(26,27)18-13-23-17-7-4-5-12-25(17)18/h3-13,16H,1-2H3/b6-3-/t16-/m0/s1. The maximum absolute atomic E-state index is 13.2. The molecule has 0 N–H and O–H groups in total. The lowest BCUT2D eigenvalue weighted by Gasteiger charge is -2.25. The van der Waals surface area contributed by atoms with E-state index in [0.29, 0.717) is 11.2 Å². The first-order chi connectivity index (χ1) is 13.2. The number of pyridine rings is 1. The van der Waals surface area contributed by atoms with E-state index in [1.807, 2.05) is 0 Å². The quantitative estimate of drug-likeness (QED) is 0.591. The second-order valence-electron chi connectivity index (χ2n) is 6.14. The number of likely N-dealkylation sites (N-methyl/N-ethyl adjacent to an activating group) is 1. The van der Waals surface area contributed by atoms with Crippen LogP contribution in [0.1, 0.15) is 24.1 Å². The van der Waals surface area contributed by atoms with Crippen molar-refractivity contribution < 1.29 is 21.6 Å². The molecule has 0 bridgehead atoms. The van der Waals surface area contributed by atoms with Crippen molar-refractivity contribution in [1.82, 2.24) is 13.7 Å². The topological polar surface area (TPSA) is 54.7 Å². The fourth-order valence-corrected chi connectivity index (χ4v) is 4.27. The van der Waals surface area contributed by atoms with Gasteiger partial charge >= 0.3 is 6.18 Å². The summed E-state index contributed by atoms with van der Waals surface area (Å²) in [5.41, 5.74) is 0.111. The summed E-state index contributed by atoms with van der Waals surface area (Å²) in [6.45, 7) is 1.71. The van der Waals surface area contributed by atoms with E-state index in [9.17, 15) is 21.6 Å². The zero-order chi connectivity index (χ0) is 20.5. The van der Waals surface area contributed by atoms with Crippen LogP contribution >= 0.6 is 0 Å². The third kappa shape index (κ3) is 3.67. The van der Waals surface area contributed by atoms with Crippen molar-refractivity contribution in [2.75, 3.05) is 7.05 Å². The first kappa shape index (κ1) is 20.1. The van der Waals surface area contributed by atoms with Crippen molar-refractivity contribution in [3.8, 4) is 0 Å². The summed E-state index contributed by atoms with van der Waals surface area (Å²) in [4.78, 5) is 4.10. The highest BCUT2D eigenvalue weighted by Crippen LogP contribution is 2.32. The molecule has 2 aromatic heterocycles. The number of fused-ring (bicyclic) bond motifs is 1. The summed E-state index contributed by atoms with van der Waals surface area (Å²) in [7, 11) is -2.58. The van der Waals surface area contributed by atoms with E-state index >= 15 is 0 Å². The first-order valence-corrected chi connectivity index (χ1v) is 9.80. The largest absolute Gasteiger partial charge is 0.416 e. The van der Waals surface area contributed by atoms with Crippen LogP contribution in [0.25, 0.3) is 5.65 Å². The Morgan fingerprint density at radius 1 is 1.14 bits per heavy atom. The molecule has 9 heteroatoms. The molecule has 28 heavy (non-hydrogen) atoms. The predicted octanol–water partition coefficient (Wildman–Crippen LogP) is 4.29.